The number of amides is 3. The average molecular weight is 396 g/mol. The second kappa shape index (κ2) is 5.82. The molecule has 3 rings (SSSR count). The van der Waals surface area contributed by atoms with Crippen LogP contribution in [0, 0.1) is 0 Å². The average Bonchev–Trinajstić information content (AvgIpc) is 3.03. The number of ketones is 1. The highest BCUT2D eigenvalue weighted by Crippen LogP contribution is 2.32. The highest BCUT2D eigenvalue weighted by atomic mass is 79.9. The standard InChI is InChI=1S/C15H14BrN3O5/c1-24-9-3-2-8-6-19(12(21)10(8)4-9)7-15(11(20)5-16)13(22)17-14(23)18-15/h2-4,6,21H,5,7H2,1H3,(H2,17,18,22,23)/t15-/m0/s1. The van der Waals surface area contributed by atoms with Crippen molar-refractivity contribution in [1.29, 1.82) is 0 Å². The first-order valence-corrected chi connectivity index (χ1v) is 8.12. The Morgan fingerprint density at radius 3 is 2.75 bits per heavy atom. The van der Waals surface area contributed by atoms with Crippen LogP contribution in [0.15, 0.2) is 24.4 Å². The molecular formula is C15H14BrN3O5. The van der Waals surface area contributed by atoms with Crippen LogP contribution in [-0.4, -0.2) is 45.4 Å². The molecule has 1 aromatic carbocycles. The zero-order chi connectivity index (χ0) is 17.5. The number of carbonyl (C=O) groups excluding carboxylic acids is 3. The molecule has 1 aliphatic heterocycles. The molecule has 1 aliphatic rings. The lowest BCUT2D eigenvalue weighted by atomic mass is 9.95. The monoisotopic (exact) mass is 395 g/mol. The Kier molecular flexibility index (Phi) is 3.96. The maximum Gasteiger partial charge on any atom is 0.322 e. The van der Waals surface area contributed by atoms with Gasteiger partial charge in [-0.2, -0.15) is 0 Å². The summed E-state index contributed by atoms with van der Waals surface area (Å²) in [6.07, 6.45) is 1.60. The predicted molar refractivity (Wildman–Crippen MR) is 88.4 cm³/mol. The molecule has 8 nitrogen and oxygen atoms in total. The van der Waals surface area contributed by atoms with Gasteiger partial charge in [-0.15, -0.1) is 0 Å². The van der Waals surface area contributed by atoms with Crippen LogP contribution < -0.4 is 15.4 Å². The fourth-order valence-electron chi connectivity index (χ4n) is 2.73. The molecule has 0 unspecified atom stereocenters. The number of Topliss-reactive ketones (excluding diaryl/α,β-unsaturated/α-hetero) is 1. The van der Waals surface area contributed by atoms with Gasteiger partial charge in [0.1, 0.15) is 5.75 Å². The van der Waals surface area contributed by atoms with E-state index in [1.165, 1.54) is 11.7 Å². The third-order valence-corrected chi connectivity index (χ3v) is 4.52. The minimum absolute atomic E-state index is 0.115. The molecular weight excluding hydrogens is 382 g/mol. The first kappa shape index (κ1) is 16.3. The highest BCUT2D eigenvalue weighted by Gasteiger charge is 2.52. The molecule has 1 atom stereocenters. The van der Waals surface area contributed by atoms with E-state index in [-0.39, 0.29) is 17.8 Å². The summed E-state index contributed by atoms with van der Waals surface area (Å²) in [5.41, 5.74) is -1.77. The Labute approximate surface area is 144 Å². The van der Waals surface area contributed by atoms with Crippen LogP contribution in [0.5, 0.6) is 11.6 Å². The van der Waals surface area contributed by atoms with E-state index in [4.69, 9.17) is 4.74 Å². The molecule has 1 fully saturated rings. The van der Waals surface area contributed by atoms with Gasteiger partial charge in [0.15, 0.2) is 17.2 Å². The summed E-state index contributed by atoms with van der Waals surface area (Å²) in [6.45, 7) is -0.224. The number of hydrogen-bond acceptors (Lipinski definition) is 5. The van der Waals surface area contributed by atoms with Crippen molar-refractivity contribution < 1.29 is 24.2 Å². The van der Waals surface area contributed by atoms with Crippen molar-refractivity contribution in [3.8, 4) is 11.6 Å². The number of imide groups is 1. The molecule has 3 amide bonds. The van der Waals surface area contributed by atoms with Gasteiger partial charge in [0.2, 0.25) is 0 Å². The molecule has 24 heavy (non-hydrogen) atoms. The van der Waals surface area contributed by atoms with E-state index in [1.54, 1.807) is 24.4 Å². The topological polar surface area (TPSA) is 110 Å². The van der Waals surface area contributed by atoms with Crippen molar-refractivity contribution >= 4 is 44.4 Å². The third-order valence-electron chi connectivity index (χ3n) is 4.01. The molecule has 0 spiro atoms. The Morgan fingerprint density at radius 2 is 2.17 bits per heavy atom. The highest BCUT2D eigenvalue weighted by molar-refractivity contribution is 9.09. The minimum Gasteiger partial charge on any atom is -0.497 e. The SMILES string of the molecule is COc1ccc2cn(C[C@@]3(C(=O)CBr)NC(=O)NC3=O)c(O)c2c1. The van der Waals surface area contributed by atoms with Crippen molar-refractivity contribution in [2.75, 3.05) is 12.4 Å². The van der Waals surface area contributed by atoms with Crippen molar-refractivity contribution in [2.24, 2.45) is 0 Å². The number of carbonyl (C=O) groups is 3. The van der Waals surface area contributed by atoms with E-state index in [0.29, 0.717) is 16.5 Å². The minimum atomic E-state index is -1.77. The number of fused-ring (bicyclic) bond motifs is 1. The van der Waals surface area contributed by atoms with Crippen LogP contribution >= 0.6 is 15.9 Å². The Hall–Kier alpha value is -2.55. The van der Waals surface area contributed by atoms with E-state index in [9.17, 15) is 19.5 Å². The Morgan fingerprint density at radius 1 is 1.42 bits per heavy atom. The number of urea groups is 1. The second-order valence-corrected chi connectivity index (χ2v) is 5.96. The summed E-state index contributed by atoms with van der Waals surface area (Å²) in [4.78, 5) is 36.0. The smallest absolute Gasteiger partial charge is 0.322 e. The summed E-state index contributed by atoms with van der Waals surface area (Å²) in [5, 5.41) is 16.0. The largest absolute Gasteiger partial charge is 0.497 e. The first-order valence-electron chi connectivity index (χ1n) is 7.00. The van der Waals surface area contributed by atoms with Crippen molar-refractivity contribution in [3.63, 3.8) is 0 Å². The van der Waals surface area contributed by atoms with E-state index in [2.05, 4.69) is 26.6 Å². The fourth-order valence-corrected chi connectivity index (χ4v) is 3.21. The van der Waals surface area contributed by atoms with Crippen LogP contribution in [0.25, 0.3) is 10.8 Å². The lowest BCUT2D eigenvalue weighted by molar-refractivity contribution is -0.133. The van der Waals surface area contributed by atoms with Gasteiger partial charge < -0.3 is 19.7 Å². The summed E-state index contributed by atoms with van der Waals surface area (Å²) in [5.74, 6) is -0.819. The molecule has 3 N–H and O–H groups in total. The molecule has 2 heterocycles. The number of aromatic hydroxyl groups is 1. The number of rotatable bonds is 5. The molecule has 0 bridgehead atoms. The Balaban J connectivity index is 2.06. The van der Waals surface area contributed by atoms with E-state index in [0.717, 1.165) is 0 Å². The molecule has 1 saturated heterocycles. The second-order valence-electron chi connectivity index (χ2n) is 5.40. The number of alkyl halides is 1. The number of halogens is 1. The zero-order valence-corrected chi connectivity index (χ0v) is 14.2. The maximum absolute atomic E-state index is 12.3. The molecule has 1 aromatic heterocycles. The van der Waals surface area contributed by atoms with Crippen molar-refractivity contribution in [2.45, 2.75) is 12.1 Å². The Bertz CT molecular complexity index is 862. The van der Waals surface area contributed by atoms with E-state index in [1.807, 2.05) is 0 Å². The first-order chi connectivity index (χ1) is 11.4. The predicted octanol–water partition coefficient (Wildman–Crippen LogP) is 0.898. The number of ether oxygens (including phenoxy) is 1. The normalized spacial score (nSPS) is 20.1. The van der Waals surface area contributed by atoms with Crippen LogP contribution in [0.2, 0.25) is 0 Å². The maximum atomic E-state index is 12.3. The van der Waals surface area contributed by atoms with Crippen LogP contribution in [0.4, 0.5) is 4.79 Å². The van der Waals surface area contributed by atoms with E-state index < -0.39 is 23.3 Å². The molecule has 126 valence electrons. The van der Waals surface area contributed by atoms with Crippen molar-refractivity contribution in [3.05, 3.63) is 24.4 Å². The quantitative estimate of drug-likeness (QED) is 0.395. The zero-order valence-electron chi connectivity index (χ0n) is 12.6. The van der Waals surface area contributed by atoms with Crippen LogP contribution in [-0.2, 0) is 16.1 Å². The van der Waals surface area contributed by atoms with Gasteiger partial charge in [-0.25, -0.2) is 4.79 Å². The van der Waals surface area contributed by atoms with Crippen LogP contribution in [0.1, 0.15) is 0 Å². The summed E-state index contributed by atoms with van der Waals surface area (Å²) >= 11 is 3.02. The number of hydrogen-bond donors (Lipinski definition) is 3. The third kappa shape index (κ3) is 2.41. The van der Waals surface area contributed by atoms with E-state index >= 15 is 0 Å². The van der Waals surface area contributed by atoms with Gasteiger partial charge >= 0.3 is 6.03 Å². The molecule has 2 aromatic rings. The summed E-state index contributed by atoms with van der Waals surface area (Å²) < 4.78 is 6.48. The van der Waals surface area contributed by atoms with Gasteiger partial charge in [-0.05, 0) is 18.2 Å². The lowest BCUT2D eigenvalue weighted by Crippen LogP contribution is -2.57. The summed E-state index contributed by atoms with van der Waals surface area (Å²) in [6, 6.07) is 4.38. The van der Waals surface area contributed by atoms with Gasteiger partial charge in [-0.3, -0.25) is 14.9 Å². The number of benzene rings is 1. The van der Waals surface area contributed by atoms with Gasteiger partial charge in [0.25, 0.3) is 5.91 Å². The fraction of sp³-hybridized carbons (Fsp3) is 0.267. The molecule has 9 heteroatoms. The molecule has 0 radical (unpaired) electrons. The van der Waals surface area contributed by atoms with Gasteiger partial charge in [0.05, 0.1) is 19.0 Å². The molecule has 0 saturated carbocycles. The number of methoxy groups -OCH3 is 1. The summed E-state index contributed by atoms with van der Waals surface area (Å²) in [7, 11) is 1.51. The molecule has 0 aliphatic carbocycles. The van der Waals surface area contributed by atoms with Crippen LogP contribution in [0.3, 0.4) is 0 Å². The van der Waals surface area contributed by atoms with Gasteiger partial charge in [-0.1, -0.05) is 15.9 Å². The number of nitrogens with one attached hydrogen (secondary N) is 2. The number of aromatic nitrogens is 1. The number of nitrogens with zero attached hydrogens (tertiary/aromatic N) is 1. The van der Waals surface area contributed by atoms with Gasteiger partial charge in [0, 0.05) is 17.0 Å². The lowest BCUT2D eigenvalue weighted by Gasteiger charge is -2.24. The van der Waals surface area contributed by atoms with Crippen molar-refractivity contribution in [1.82, 2.24) is 15.2 Å².